The molecule has 42 valence electrons. The lowest BCUT2D eigenvalue weighted by Crippen LogP contribution is -2.17. The minimum absolute atomic E-state index is 0.0301. The molecule has 4 N–H and O–H groups in total. The standard InChI is InChI=1S/C3H9N3O/c1-2-7-3(4)6-5/h2,5H2,1H3,(H2,4,6). The van der Waals surface area contributed by atoms with Crippen LogP contribution in [-0.4, -0.2) is 12.6 Å². The molecule has 4 nitrogen and oxygen atoms in total. The van der Waals surface area contributed by atoms with Crippen LogP contribution in [0.5, 0.6) is 0 Å². The molecular weight excluding hydrogens is 94.1 g/mol. The van der Waals surface area contributed by atoms with Gasteiger partial charge in [-0.1, -0.05) is 0 Å². The van der Waals surface area contributed by atoms with E-state index in [9.17, 15) is 0 Å². The predicted molar refractivity (Wildman–Crippen MR) is 27.4 cm³/mol. The van der Waals surface area contributed by atoms with E-state index in [0.717, 1.165) is 0 Å². The van der Waals surface area contributed by atoms with Crippen molar-refractivity contribution in [2.75, 3.05) is 6.61 Å². The fourth-order valence-corrected chi connectivity index (χ4v) is 0.185. The van der Waals surface area contributed by atoms with Crippen molar-refractivity contribution in [1.82, 2.24) is 0 Å². The number of nitrogens with zero attached hydrogens (tertiary/aromatic N) is 1. The maximum Gasteiger partial charge on any atom is 0.303 e. The van der Waals surface area contributed by atoms with Gasteiger partial charge in [-0.3, -0.25) is 0 Å². The van der Waals surface area contributed by atoms with Gasteiger partial charge in [0, 0.05) is 0 Å². The van der Waals surface area contributed by atoms with E-state index in [1.54, 1.807) is 6.92 Å². The molecule has 0 saturated heterocycles. The van der Waals surface area contributed by atoms with Crippen LogP contribution < -0.4 is 11.6 Å². The van der Waals surface area contributed by atoms with E-state index < -0.39 is 0 Å². The fourth-order valence-electron chi connectivity index (χ4n) is 0.185. The van der Waals surface area contributed by atoms with E-state index in [0.29, 0.717) is 6.61 Å². The fraction of sp³-hybridized carbons (Fsp3) is 0.667. The van der Waals surface area contributed by atoms with Crippen molar-refractivity contribution in [3.8, 4) is 0 Å². The number of hydrogen-bond donors (Lipinski definition) is 2. The van der Waals surface area contributed by atoms with Crippen molar-refractivity contribution in [3.63, 3.8) is 0 Å². The summed E-state index contributed by atoms with van der Waals surface area (Å²) in [6, 6.07) is 0.0301. The van der Waals surface area contributed by atoms with E-state index in [1.165, 1.54) is 0 Å². The Bertz CT molecular complexity index is 70.6. The normalized spacial score (nSPS) is 11.3. The van der Waals surface area contributed by atoms with Crippen LogP contribution in [-0.2, 0) is 4.74 Å². The van der Waals surface area contributed by atoms with Gasteiger partial charge in [0.1, 0.15) is 0 Å². The molecule has 7 heavy (non-hydrogen) atoms. The van der Waals surface area contributed by atoms with E-state index in [-0.39, 0.29) is 6.02 Å². The summed E-state index contributed by atoms with van der Waals surface area (Å²) in [6.07, 6.45) is 0. The molecule has 0 saturated carbocycles. The number of ether oxygens (including phenoxy) is 1. The van der Waals surface area contributed by atoms with Crippen LogP contribution in [0.1, 0.15) is 6.92 Å². The van der Waals surface area contributed by atoms with E-state index in [4.69, 9.17) is 11.6 Å². The summed E-state index contributed by atoms with van der Waals surface area (Å²) in [5.74, 6) is 4.70. The highest BCUT2D eigenvalue weighted by Crippen LogP contribution is 1.66. The minimum atomic E-state index is 0.0301. The van der Waals surface area contributed by atoms with Gasteiger partial charge >= 0.3 is 6.02 Å². The molecule has 4 heteroatoms. The van der Waals surface area contributed by atoms with E-state index >= 15 is 0 Å². The van der Waals surface area contributed by atoms with Crippen molar-refractivity contribution in [1.29, 1.82) is 0 Å². The van der Waals surface area contributed by atoms with Gasteiger partial charge in [0.05, 0.1) is 6.61 Å². The van der Waals surface area contributed by atoms with Gasteiger partial charge in [0.2, 0.25) is 0 Å². The second-order valence-corrected chi connectivity index (χ2v) is 0.900. The summed E-state index contributed by atoms with van der Waals surface area (Å²) in [5.41, 5.74) is 4.99. The zero-order valence-corrected chi connectivity index (χ0v) is 4.22. The third-order valence-electron chi connectivity index (χ3n) is 0.419. The maximum atomic E-state index is 4.99. The van der Waals surface area contributed by atoms with Gasteiger partial charge in [-0.25, -0.2) is 0 Å². The molecular formula is C3H9N3O. The first-order valence-corrected chi connectivity index (χ1v) is 1.97. The number of amidine groups is 1. The van der Waals surface area contributed by atoms with Crippen molar-refractivity contribution in [3.05, 3.63) is 0 Å². The van der Waals surface area contributed by atoms with Crippen molar-refractivity contribution >= 4 is 6.02 Å². The Hall–Kier alpha value is -0.930. The molecule has 0 spiro atoms. The van der Waals surface area contributed by atoms with Crippen LogP contribution in [0.2, 0.25) is 0 Å². The Morgan fingerprint density at radius 3 is 2.57 bits per heavy atom. The largest absolute Gasteiger partial charge is 0.464 e. The van der Waals surface area contributed by atoms with Crippen LogP contribution in [0.3, 0.4) is 0 Å². The summed E-state index contributed by atoms with van der Waals surface area (Å²) < 4.78 is 4.59. The molecule has 0 aliphatic carbocycles. The third kappa shape index (κ3) is 2.88. The van der Waals surface area contributed by atoms with Gasteiger partial charge in [-0.15, -0.1) is 5.10 Å². The summed E-state index contributed by atoms with van der Waals surface area (Å²) >= 11 is 0. The summed E-state index contributed by atoms with van der Waals surface area (Å²) in [5, 5.41) is 3.05. The quantitative estimate of drug-likeness (QED) is 0.198. The highest BCUT2D eigenvalue weighted by molar-refractivity contribution is 5.70. The molecule has 0 aromatic heterocycles. The van der Waals surface area contributed by atoms with Crippen LogP contribution >= 0.6 is 0 Å². The Morgan fingerprint density at radius 2 is 2.43 bits per heavy atom. The molecule has 0 fully saturated rings. The lowest BCUT2D eigenvalue weighted by molar-refractivity contribution is 0.320. The Kier molecular flexibility index (Phi) is 2.83. The van der Waals surface area contributed by atoms with Gasteiger partial charge < -0.3 is 16.3 Å². The SMILES string of the molecule is CCO/C(N)=N/N. The highest BCUT2D eigenvalue weighted by atomic mass is 16.5. The van der Waals surface area contributed by atoms with E-state index in [1.807, 2.05) is 0 Å². The molecule has 0 aromatic carbocycles. The van der Waals surface area contributed by atoms with Crippen LogP contribution in [0.25, 0.3) is 0 Å². The Balaban J connectivity index is 3.17. The molecule has 0 rings (SSSR count). The number of rotatable bonds is 1. The van der Waals surface area contributed by atoms with Crippen LogP contribution in [0.4, 0.5) is 0 Å². The second-order valence-electron chi connectivity index (χ2n) is 0.900. The van der Waals surface area contributed by atoms with Gasteiger partial charge in [-0.05, 0) is 6.92 Å². The topological polar surface area (TPSA) is 73.6 Å². The molecule has 0 atom stereocenters. The van der Waals surface area contributed by atoms with Gasteiger partial charge in [0.25, 0.3) is 0 Å². The van der Waals surface area contributed by atoms with Crippen molar-refractivity contribution < 1.29 is 4.74 Å². The molecule has 0 heterocycles. The molecule has 0 aromatic rings. The molecule has 0 aliphatic heterocycles. The van der Waals surface area contributed by atoms with Crippen LogP contribution in [0.15, 0.2) is 5.10 Å². The van der Waals surface area contributed by atoms with Crippen LogP contribution in [0, 0.1) is 0 Å². The lowest BCUT2D eigenvalue weighted by Gasteiger charge is -1.95. The monoisotopic (exact) mass is 103 g/mol. The number of hydrazone groups is 1. The number of hydrogen-bond acceptors (Lipinski definition) is 3. The summed E-state index contributed by atoms with van der Waals surface area (Å²) in [4.78, 5) is 0. The average molecular weight is 103 g/mol. The molecule has 0 amide bonds. The number of nitrogens with two attached hydrogens (primary N) is 2. The molecule has 0 radical (unpaired) electrons. The zero-order chi connectivity index (χ0) is 5.70. The van der Waals surface area contributed by atoms with Gasteiger partial charge in [-0.2, -0.15) is 0 Å². The first-order valence-electron chi connectivity index (χ1n) is 1.97. The predicted octanol–water partition coefficient (Wildman–Crippen LogP) is -0.789. The van der Waals surface area contributed by atoms with E-state index in [2.05, 4.69) is 9.84 Å². The van der Waals surface area contributed by atoms with Gasteiger partial charge in [0.15, 0.2) is 0 Å². The lowest BCUT2D eigenvalue weighted by atomic mass is 10.9. The first kappa shape index (κ1) is 6.07. The Labute approximate surface area is 42.1 Å². The Morgan fingerprint density at radius 1 is 1.86 bits per heavy atom. The third-order valence-corrected chi connectivity index (χ3v) is 0.419. The van der Waals surface area contributed by atoms with Crippen molar-refractivity contribution in [2.45, 2.75) is 6.92 Å². The summed E-state index contributed by atoms with van der Waals surface area (Å²) in [7, 11) is 0. The first-order chi connectivity index (χ1) is 3.31. The zero-order valence-electron chi connectivity index (χ0n) is 4.22. The minimum Gasteiger partial charge on any atom is -0.464 e. The molecule has 0 aliphatic rings. The van der Waals surface area contributed by atoms with Crippen molar-refractivity contribution in [2.24, 2.45) is 16.7 Å². The second kappa shape index (κ2) is 3.27. The average Bonchev–Trinajstić information content (AvgIpc) is 1.68. The molecule has 0 unspecified atom stereocenters. The molecule has 0 bridgehead atoms. The smallest absolute Gasteiger partial charge is 0.303 e. The maximum absolute atomic E-state index is 4.99. The summed E-state index contributed by atoms with van der Waals surface area (Å²) in [6.45, 7) is 2.31. The highest BCUT2D eigenvalue weighted by Gasteiger charge is 1.81.